The van der Waals surface area contributed by atoms with Gasteiger partial charge in [-0.2, -0.15) is 9.13 Å². The molecule has 6 rings (SSSR count). The van der Waals surface area contributed by atoms with Gasteiger partial charge in [0.15, 0.2) is 24.8 Å². The van der Waals surface area contributed by atoms with E-state index >= 15 is 0 Å². The Labute approximate surface area is 271 Å². The average Bonchev–Trinajstić information content (AvgIpc) is 3.06. The summed E-state index contributed by atoms with van der Waals surface area (Å²) in [5, 5.41) is 22.0. The monoisotopic (exact) mass is 640 g/mol. The Morgan fingerprint density at radius 2 is 1.00 bits per heavy atom. The number of rotatable bonds is 6. The molecule has 0 spiro atoms. The second kappa shape index (κ2) is 15.8. The molecule has 0 atom stereocenters. The van der Waals surface area contributed by atoms with E-state index in [1.807, 2.05) is 36.7 Å². The van der Waals surface area contributed by atoms with Crippen LogP contribution in [0.3, 0.4) is 0 Å². The van der Waals surface area contributed by atoms with Crippen molar-refractivity contribution in [2.45, 2.75) is 6.92 Å². The summed E-state index contributed by atoms with van der Waals surface area (Å²) in [6.07, 6.45) is 14.5. The topological polar surface area (TPSA) is 120 Å². The third-order valence-corrected chi connectivity index (χ3v) is 6.66. The number of nitro benzene ring substituents is 2. The number of hydrogen-bond donors (Lipinski definition) is 0. The predicted molar refractivity (Wildman–Crippen MR) is 160 cm³/mol. The predicted octanol–water partition coefficient (Wildman–Crippen LogP) is 0.183. The van der Waals surface area contributed by atoms with E-state index in [4.69, 9.17) is 0 Å². The highest BCUT2D eigenvalue weighted by Gasteiger charge is 2.26. The Kier molecular flexibility index (Phi) is 11.9. The number of nitrogens with zero attached hydrogens (tertiary/aromatic N) is 6. The Hall–Kier alpha value is -5.58. The molecular weight excluding hydrogens is 615 g/mol. The highest BCUT2D eigenvalue weighted by Crippen LogP contribution is 2.25. The van der Waals surface area contributed by atoms with Gasteiger partial charge in [-0.05, 0) is 53.4 Å². The van der Waals surface area contributed by atoms with Crippen LogP contribution in [0.4, 0.5) is 11.4 Å². The molecule has 0 aliphatic rings. The summed E-state index contributed by atoms with van der Waals surface area (Å²) in [5.41, 5.74) is 6.34. The molecule has 45 heavy (non-hydrogen) atoms. The first-order valence-electron chi connectivity index (χ1n) is 13.2. The van der Waals surface area contributed by atoms with Gasteiger partial charge in [0, 0.05) is 73.3 Å². The van der Waals surface area contributed by atoms with Crippen LogP contribution in [-0.4, -0.2) is 19.8 Å². The molecule has 12 heteroatoms. The third-order valence-electron chi connectivity index (χ3n) is 6.66. The first kappa shape index (κ1) is 33.9. The smallest absolute Gasteiger partial charge is 0.347 e. The van der Waals surface area contributed by atoms with E-state index in [-0.39, 0.29) is 41.9 Å². The van der Waals surface area contributed by atoms with E-state index in [9.17, 15) is 20.2 Å². The van der Waals surface area contributed by atoms with E-state index in [0.29, 0.717) is 0 Å². The third kappa shape index (κ3) is 8.50. The standard InChI is InChI=1S/C17H15N2.C16H11N4O4.2ClH/c1-14-2-4-17(5-3-14)19-12-8-16(9-13-19)15-6-10-18-11-7-15;21-19(22)14-1-2-15(16(11-14)20(23)24)18-9-5-13(6-10-18)12-3-7-17-8-4-12;;/h2-13H,1H3;1-11H;2*1H/q2*+1;;/p-2. The van der Waals surface area contributed by atoms with Gasteiger partial charge in [-0.15, -0.1) is 0 Å². The fourth-order valence-corrected chi connectivity index (χ4v) is 4.37. The number of aromatic nitrogens is 4. The summed E-state index contributed by atoms with van der Waals surface area (Å²) >= 11 is 0. The van der Waals surface area contributed by atoms with E-state index in [1.165, 1.54) is 34.5 Å². The number of non-ortho nitro benzene ring substituents is 1. The SMILES string of the molecule is Cc1ccc(-[n+]2ccc(-c3ccncc3)cc2)cc1.O=[N+]([O-])c1ccc(-[n+]2ccc(-c3ccncc3)cc2)c([N+](=O)[O-])c1.[Cl-].[Cl-]. The minimum Gasteiger partial charge on any atom is -1.00 e. The largest absolute Gasteiger partial charge is 1.00 e. The lowest BCUT2D eigenvalue weighted by atomic mass is 10.1. The van der Waals surface area contributed by atoms with Gasteiger partial charge in [-0.3, -0.25) is 30.2 Å². The number of hydrogen-bond acceptors (Lipinski definition) is 6. The fraction of sp³-hybridized carbons (Fsp3) is 0.0303. The number of halogens is 2. The van der Waals surface area contributed by atoms with Gasteiger partial charge < -0.3 is 24.8 Å². The zero-order valence-electron chi connectivity index (χ0n) is 23.9. The van der Waals surface area contributed by atoms with Crippen molar-refractivity contribution in [3.63, 3.8) is 0 Å². The average molecular weight is 642 g/mol. The van der Waals surface area contributed by atoms with Crippen LogP contribution < -0.4 is 33.9 Å². The molecule has 226 valence electrons. The van der Waals surface area contributed by atoms with Crippen molar-refractivity contribution in [2.24, 2.45) is 0 Å². The molecule has 2 aromatic carbocycles. The minimum absolute atomic E-state index is 0. The molecule has 0 unspecified atom stereocenters. The summed E-state index contributed by atoms with van der Waals surface area (Å²) in [4.78, 5) is 28.7. The maximum atomic E-state index is 11.2. The fourth-order valence-electron chi connectivity index (χ4n) is 4.37. The van der Waals surface area contributed by atoms with Crippen molar-refractivity contribution >= 4 is 11.4 Å². The Bertz CT molecular complexity index is 1860. The number of aryl methyl sites for hydroxylation is 1. The molecule has 0 N–H and O–H groups in total. The lowest BCUT2D eigenvalue weighted by Gasteiger charge is -2.01. The number of nitro groups is 2. The van der Waals surface area contributed by atoms with Crippen LogP contribution in [0.1, 0.15) is 5.56 Å². The number of pyridine rings is 4. The normalized spacial score (nSPS) is 9.89. The minimum atomic E-state index is -0.659. The Balaban J connectivity index is 0.000000240. The van der Waals surface area contributed by atoms with Gasteiger partial charge in [0.25, 0.3) is 11.4 Å². The summed E-state index contributed by atoms with van der Waals surface area (Å²) in [6.45, 7) is 2.10. The van der Waals surface area contributed by atoms with Crippen LogP contribution in [0.25, 0.3) is 33.6 Å². The van der Waals surface area contributed by atoms with Gasteiger partial charge in [-0.1, -0.05) is 17.7 Å². The Morgan fingerprint density at radius 3 is 1.44 bits per heavy atom. The van der Waals surface area contributed by atoms with Crippen molar-refractivity contribution in [1.29, 1.82) is 0 Å². The molecule has 0 saturated carbocycles. The lowest BCUT2D eigenvalue weighted by Crippen LogP contribution is -3.00. The zero-order valence-corrected chi connectivity index (χ0v) is 25.4. The molecule has 6 aromatic rings. The summed E-state index contributed by atoms with van der Waals surface area (Å²) in [7, 11) is 0. The molecule has 4 heterocycles. The first-order valence-corrected chi connectivity index (χ1v) is 13.2. The highest BCUT2D eigenvalue weighted by atomic mass is 35.5. The molecule has 10 nitrogen and oxygen atoms in total. The molecule has 0 aliphatic carbocycles. The van der Waals surface area contributed by atoms with Crippen LogP contribution in [-0.2, 0) is 0 Å². The van der Waals surface area contributed by atoms with Crippen molar-refractivity contribution < 1.29 is 43.8 Å². The van der Waals surface area contributed by atoms with Crippen molar-refractivity contribution in [3.05, 3.63) is 166 Å². The van der Waals surface area contributed by atoms with Gasteiger partial charge in [0.2, 0.25) is 5.69 Å². The molecule has 0 fully saturated rings. The lowest BCUT2D eigenvalue weighted by molar-refractivity contribution is -0.600. The zero-order chi connectivity index (χ0) is 30.2. The van der Waals surface area contributed by atoms with Gasteiger partial charge in [0.1, 0.15) is 6.07 Å². The Morgan fingerprint density at radius 1 is 0.556 bits per heavy atom. The van der Waals surface area contributed by atoms with E-state index in [2.05, 4.69) is 70.3 Å². The second-order valence-corrected chi connectivity index (χ2v) is 9.48. The maximum Gasteiger partial charge on any atom is 0.347 e. The van der Waals surface area contributed by atoms with Crippen molar-refractivity contribution in [2.75, 3.05) is 0 Å². The first-order chi connectivity index (χ1) is 20.9. The quantitative estimate of drug-likeness (QED) is 0.146. The number of benzene rings is 2. The van der Waals surface area contributed by atoms with E-state index in [1.54, 1.807) is 41.5 Å². The van der Waals surface area contributed by atoms with Crippen LogP contribution in [0.2, 0.25) is 0 Å². The van der Waals surface area contributed by atoms with Gasteiger partial charge in [0.05, 0.1) is 9.85 Å². The molecular formula is C33H26Cl2N6O4. The molecule has 0 radical (unpaired) electrons. The molecule has 0 aliphatic heterocycles. The summed E-state index contributed by atoms with van der Waals surface area (Å²) in [5.74, 6) is 0. The molecule has 0 amide bonds. The van der Waals surface area contributed by atoms with Gasteiger partial charge >= 0.3 is 5.69 Å². The van der Waals surface area contributed by atoms with Crippen LogP contribution in [0, 0.1) is 27.2 Å². The molecule has 4 aromatic heterocycles. The molecule has 0 saturated heterocycles. The van der Waals surface area contributed by atoms with Crippen molar-refractivity contribution in [3.8, 4) is 33.6 Å². The second-order valence-electron chi connectivity index (χ2n) is 9.48. The van der Waals surface area contributed by atoms with E-state index < -0.39 is 9.85 Å². The maximum absolute atomic E-state index is 11.2. The van der Waals surface area contributed by atoms with Crippen LogP contribution in [0.5, 0.6) is 0 Å². The van der Waals surface area contributed by atoms with Crippen LogP contribution >= 0.6 is 0 Å². The summed E-state index contributed by atoms with van der Waals surface area (Å²) < 4.78 is 3.66. The molecule has 0 bridgehead atoms. The van der Waals surface area contributed by atoms with Crippen LogP contribution in [0.15, 0.2) is 141 Å². The highest BCUT2D eigenvalue weighted by molar-refractivity contribution is 5.62. The summed E-state index contributed by atoms with van der Waals surface area (Å²) in [6, 6.07) is 27.7. The van der Waals surface area contributed by atoms with Crippen molar-refractivity contribution in [1.82, 2.24) is 9.97 Å². The van der Waals surface area contributed by atoms with E-state index in [0.717, 1.165) is 17.2 Å². The van der Waals surface area contributed by atoms with Gasteiger partial charge in [-0.25, -0.2) is 0 Å².